The molecule has 4 heteroatoms. The van der Waals surface area contributed by atoms with E-state index in [1.807, 2.05) is 18.2 Å². The molecule has 0 saturated carbocycles. The maximum atomic E-state index is 6.60. The fraction of sp³-hybridized carbons (Fsp3) is 0.0222. The van der Waals surface area contributed by atoms with Crippen molar-refractivity contribution in [2.75, 3.05) is 0 Å². The topological polar surface area (TPSA) is 49.9 Å². The second-order valence-corrected chi connectivity index (χ2v) is 12.6. The minimum Gasteiger partial charge on any atom is -0.455 e. The highest BCUT2D eigenvalue weighted by Gasteiger charge is 2.24. The largest absolute Gasteiger partial charge is 0.455 e. The van der Waals surface area contributed by atoms with Crippen LogP contribution in [0.5, 0.6) is 0 Å². The van der Waals surface area contributed by atoms with E-state index in [4.69, 9.17) is 14.4 Å². The van der Waals surface area contributed by atoms with Gasteiger partial charge < -0.3 is 9.73 Å². The van der Waals surface area contributed by atoms with Crippen LogP contribution in [0.2, 0.25) is 0 Å². The number of rotatable bonds is 4. The van der Waals surface area contributed by atoms with E-state index in [1.165, 1.54) is 32.3 Å². The van der Waals surface area contributed by atoms with Gasteiger partial charge in [-0.15, -0.1) is 0 Å². The van der Waals surface area contributed by atoms with Gasteiger partial charge in [-0.3, -0.25) is 0 Å². The van der Waals surface area contributed by atoms with Gasteiger partial charge in [-0.2, -0.15) is 0 Å². The summed E-state index contributed by atoms with van der Waals surface area (Å²) in [6.45, 7) is 0. The van der Waals surface area contributed by atoms with Crippen molar-refractivity contribution in [1.82, 2.24) is 5.32 Å². The van der Waals surface area contributed by atoms with Gasteiger partial charge in [0, 0.05) is 27.5 Å². The summed E-state index contributed by atoms with van der Waals surface area (Å²) in [5.74, 6) is 1.46. The highest BCUT2D eigenvalue weighted by molar-refractivity contribution is 6.23. The van der Waals surface area contributed by atoms with Crippen LogP contribution >= 0.6 is 0 Å². The number of hydrogen-bond donors (Lipinski definition) is 1. The second-order valence-electron chi connectivity index (χ2n) is 12.6. The summed E-state index contributed by atoms with van der Waals surface area (Å²) in [5.41, 5.74) is 6.89. The first-order valence-electron chi connectivity index (χ1n) is 16.6. The first kappa shape index (κ1) is 27.6. The molecule has 0 amide bonds. The molecule has 0 fully saturated rings. The molecule has 1 aliphatic heterocycles. The molecular weight excluding hydrogens is 599 g/mol. The molecule has 10 rings (SSSR count). The Hall–Kier alpha value is -6.52. The molecular formula is C45H29N3O. The molecule has 1 N–H and O–H groups in total. The molecule has 2 heterocycles. The zero-order valence-electron chi connectivity index (χ0n) is 26.5. The number of nitrogens with one attached hydrogen (secondary N) is 1. The van der Waals surface area contributed by atoms with Gasteiger partial charge >= 0.3 is 0 Å². The van der Waals surface area contributed by atoms with Gasteiger partial charge in [0.1, 0.15) is 23.2 Å². The summed E-state index contributed by atoms with van der Waals surface area (Å²) < 4.78 is 6.60. The molecule has 0 radical (unpaired) electrons. The van der Waals surface area contributed by atoms with Gasteiger partial charge in [0.25, 0.3) is 0 Å². The minimum absolute atomic E-state index is 0.340. The molecule has 0 bridgehead atoms. The molecule has 0 spiro atoms. The number of para-hydroxylation sites is 1. The predicted molar refractivity (Wildman–Crippen MR) is 204 cm³/mol. The number of aliphatic imine (C=N–C) groups is 2. The first-order valence-corrected chi connectivity index (χ1v) is 16.6. The fourth-order valence-corrected chi connectivity index (χ4v) is 7.30. The third-order valence-electron chi connectivity index (χ3n) is 9.70. The highest BCUT2D eigenvalue weighted by Crippen LogP contribution is 2.38. The van der Waals surface area contributed by atoms with Crippen molar-refractivity contribution in [2.45, 2.75) is 6.17 Å². The van der Waals surface area contributed by atoms with E-state index < -0.39 is 0 Å². The van der Waals surface area contributed by atoms with Gasteiger partial charge in [0.05, 0.1) is 0 Å². The van der Waals surface area contributed by atoms with Crippen molar-refractivity contribution in [2.24, 2.45) is 9.98 Å². The van der Waals surface area contributed by atoms with Crippen molar-refractivity contribution in [3.05, 3.63) is 180 Å². The van der Waals surface area contributed by atoms with E-state index in [1.54, 1.807) is 0 Å². The van der Waals surface area contributed by atoms with E-state index in [0.29, 0.717) is 5.84 Å². The molecule has 8 aromatic carbocycles. The Bertz CT molecular complexity index is 2810. The van der Waals surface area contributed by atoms with Gasteiger partial charge in [0.2, 0.25) is 0 Å². The summed E-state index contributed by atoms with van der Waals surface area (Å²) in [4.78, 5) is 10.6. The Balaban J connectivity index is 1.17. The molecule has 49 heavy (non-hydrogen) atoms. The van der Waals surface area contributed by atoms with Crippen LogP contribution < -0.4 is 5.32 Å². The Kier molecular flexibility index (Phi) is 6.21. The van der Waals surface area contributed by atoms with Crippen molar-refractivity contribution in [3.63, 3.8) is 0 Å². The van der Waals surface area contributed by atoms with E-state index in [0.717, 1.165) is 55.6 Å². The van der Waals surface area contributed by atoms with Crippen LogP contribution in [0.15, 0.2) is 178 Å². The van der Waals surface area contributed by atoms with Gasteiger partial charge in [0.15, 0.2) is 5.84 Å². The second kappa shape index (κ2) is 11.0. The Morgan fingerprint density at radius 2 is 1.20 bits per heavy atom. The number of nitrogens with zero attached hydrogens (tertiary/aromatic N) is 2. The molecule has 1 atom stereocenters. The average molecular weight is 628 g/mol. The number of amidine groups is 2. The summed E-state index contributed by atoms with van der Waals surface area (Å²) in [6.07, 6.45) is -0.340. The van der Waals surface area contributed by atoms with Gasteiger partial charge in [-0.05, 0) is 61.6 Å². The molecule has 1 aromatic heterocycles. The third-order valence-corrected chi connectivity index (χ3v) is 9.70. The Morgan fingerprint density at radius 3 is 2.12 bits per heavy atom. The molecule has 0 saturated heterocycles. The number of hydrogen-bond acceptors (Lipinski definition) is 4. The van der Waals surface area contributed by atoms with Crippen LogP contribution in [0.25, 0.3) is 65.4 Å². The van der Waals surface area contributed by atoms with Crippen molar-refractivity contribution in [3.8, 4) is 11.1 Å². The minimum atomic E-state index is -0.340. The maximum absolute atomic E-state index is 6.60. The number of furan rings is 1. The van der Waals surface area contributed by atoms with E-state index >= 15 is 0 Å². The summed E-state index contributed by atoms with van der Waals surface area (Å²) in [7, 11) is 0. The van der Waals surface area contributed by atoms with E-state index in [9.17, 15) is 0 Å². The van der Waals surface area contributed by atoms with Gasteiger partial charge in [-0.1, -0.05) is 146 Å². The quantitative estimate of drug-likeness (QED) is 0.197. The number of benzene rings is 8. The van der Waals surface area contributed by atoms with Crippen molar-refractivity contribution >= 4 is 65.9 Å². The standard InChI is InChI=1S/C45H29N3O/c1-2-11-29(12-3-1)37-16-8-17-38-41-39(18-9-19-40(41)49-42(37)38)45-47-43(33-23-20-28-10-4-5-14-31(28)26-33)46-44(48-45)34-24-25-36-32(27-34)22-21-30-13-6-7-15-35(30)36/h1-27,43H,(H,46,47,48). The smallest absolute Gasteiger partial charge is 0.160 e. The van der Waals surface area contributed by atoms with E-state index in [2.05, 4.69) is 151 Å². The molecule has 1 aliphatic rings. The lowest BCUT2D eigenvalue weighted by Gasteiger charge is -2.24. The number of fused-ring (bicyclic) bond motifs is 7. The maximum Gasteiger partial charge on any atom is 0.160 e. The van der Waals surface area contributed by atoms with E-state index in [-0.39, 0.29) is 6.17 Å². The zero-order chi connectivity index (χ0) is 32.3. The average Bonchev–Trinajstić information content (AvgIpc) is 3.57. The Labute approximate surface area is 282 Å². The molecule has 0 aliphatic carbocycles. The van der Waals surface area contributed by atoms with Crippen LogP contribution in [0, 0.1) is 0 Å². The molecule has 1 unspecified atom stereocenters. The first-order chi connectivity index (χ1) is 24.3. The fourth-order valence-electron chi connectivity index (χ4n) is 7.30. The summed E-state index contributed by atoms with van der Waals surface area (Å²) >= 11 is 0. The van der Waals surface area contributed by atoms with Crippen LogP contribution in [0.3, 0.4) is 0 Å². The van der Waals surface area contributed by atoms with Crippen LogP contribution in [0.1, 0.15) is 22.9 Å². The molecule has 9 aromatic rings. The highest BCUT2D eigenvalue weighted by atomic mass is 16.3. The lowest BCUT2D eigenvalue weighted by molar-refractivity contribution is 0.669. The zero-order valence-corrected chi connectivity index (χ0v) is 26.5. The third kappa shape index (κ3) is 4.61. The van der Waals surface area contributed by atoms with Crippen LogP contribution in [0.4, 0.5) is 0 Å². The lowest BCUT2D eigenvalue weighted by atomic mass is 9.99. The normalized spacial score (nSPS) is 14.7. The molecule has 4 nitrogen and oxygen atoms in total. The summed E-state index contributed by atoms with van der Waals surface area (Å²) in [6, 6.07) is 57.5. The van der Waals surface area contributed by atoms with Gasteiger partial charge in [-0.25, -0.2) is 9.98 Å². The van der Waals surface area contributed by atoms with Crippen LogP contribution in [-0.2, 0) is 0 Å². The Morgan fingerprint density at radius 1 is 0.490 bits per heavy atom. The van der Waals surface area contributed by atoms with Crippen LogP contribution in [-0.4, -0.2) is 11.7 Å². The van der Waals surface area contributed by atoms with Crippen molar-refractivity contribution in [1.29, 1.82) is 0 Å². The molecule has 230 valence electrons. The predicted octanol–water partition coefficient (Wildman–Crippen LogP) is 11.2. The SMILES string of the molecule is c1ccc(-c2cccc3c2oc2cccc(C4=NC(c5ccc6ccccc6c5)NC(c5ccc6c(ccc7ccccc76)c5)=N4)c23)cc1. The summed E-state index contributed by atoms with van der Waals surface area (Å²) in [5, 5.41) is 13.0. The van der Waals surface area contributed by atoms with Crippen molar-refractivity contribution < 1.29 is 4.42 Å². The lowest BCUT2D eigenvalue weighted by Crippen LogP contribution is -2.33. The monoisotopic (exact) mass is 627 g/mol.